The zero-order valence-corrected chi connectivity index (χ0v) is 21.5. The fraction of sp³-hybridized carbons (Fsp3) is 0.231. The zero-order valence-electron chi connectivity index (χ0n) is 19.9. The number of carbonyl (C=O) groups is 1. The third kappa shape index (κ3) is 5.63. The molecular weight excluding hydrogens is 484 g/mol. The summed E-state index contributed by atoms with van der Waals surface area (Å²) in [5.41, 5.74) is 1.42. The lowest BCUT2D eigenvalue weighted by molar-refractivity contribution is -0.123. The highest BCUT2D eigenvalue weighted by Gasteiger charge is 2.25. The first kappa shape index (κ1) is 24.7. The van der Waals surface area contributed by atoms with Crippen LogP contribution in [0, 0.1) is 0 Å². The van der Waals surface area contributed by atoms with Gasteiger partial charge in [-0.25, -0.2) is 4.98 Å². The van der Waals surface area contributed by atoms with Crippen molar-refractivity contribution in [1.29, 1.82) is 0 Å². The highest BCUT2D eigenvalue weighted by molar-refractivity contribution is 7.99. The van der Waals surface area contributed by atoms with Gasteiger partial charge in [-0.1, -0.05) is 42.5 Å². The molecule has 1 amide bonds. The van der Waals surface area contributed by atoms with Gasteiger partial charge in [0.05, 0.1) is 31.5 Å². The SMILES string of the molecule is CCSc1ccc(C(Oc2ccccc2OC)C(=O)Nc2nc3cc(OC)c(OC)cc3s2)cc1. The Morgan fingerprint density at radius 3 is 2.26 bits per heavy atom. The van der Waals surface area contributed by atoms with Gasteiger partial charge >= 0.3 is 0 Å². The van der Waals surface area contributed by atoms with E-state index >= 15 is 0 Å². The van der Waals surface area contributed by atoms with E-state index < -0.39 is 6.10 Å². The molecule has 0 aliphatic carbocycles. The molecule has 1 aromatic heterocycles. The minimum absolute atomic E-state index is 0.343. The topological polar surface area (TPSA) is 78.9 Å². The minimum Gasteiger partial charge on any atom is -0.493 e. The quantitative estimate of drug-likeness (QED) is 0.255. The number of benzene rings is 3. The second kappa shape index (κ2) is 11.3. The van der Waals surface area contributed by atoms with Crippen LogP contribution in [-0.2, 0) is 4.79 Å². The molecule has 0 saturated carbocycles. The van der Waals surface area contributed by atoms with Gasteiger partial charge < -0.3 is 18.9 Å². The smallest absolute Gasteiger partial charge is 0.271 e. The summed E-state index contributed by atoms with van der Waals surface area (Å²) in [6.45, 7) is 2.10. The minimum atomic E-state index is -0.914. The van der Waals surface area contributed by atoms with Crippen LogP contribution < -0.4 is 24.3 Å². The highest BCUT2D eigenvalue weighted by atomic mass is 32.2. The fourth-order valence-corrected chi connectivity index (χ4v) is 5.04. The Labute approximate surface area is 212 Å². The van der Waals surface area contributed by atoms with Crippen LogP contribution in [0.1, 0.15) is 18.6 Å². The number of nitrogens with one attached hydrogen (secondary N) is 1. The van der Waals surface area contributed by atoms with Crippen molar-refractivity contribution in [2.45, 2.75) is 17.9 Å². The summed E-state index contributed by atoms with van der Waals surface area (Å²) in [6.07, 6.45) is -0.914. The lowest BCUT2D eigenvalue weighted by Crippen LogP contribution is -2.25. The summed E-state index contributed by atoms with van der Waals surface area (Å²) in [5, 5.41) is 3.37. The van der Waals surface area contributed by atoms with Crippen molar-refractivity contribution in [3.63, 3.8) is 0 Å². The number of nitrogens with zero attached hydrogens (tertiary/aromatic N) is 1. The molecule has 1 atom stereocenters. The van der Waals surface area contributed by atoms with Crippen LogP contribution in [0.5, 0.6) is 23.0 Å². The second-order valence-electron chi connectivity index (χ2n) is 7.33. The van der Waals surface area contributed by atoms with Crippen LogP contribution >= 0.6 is 23.1 Å². The molecule has 0 aliphatic rings. The largest absolute Gasteiger partial charge is 0.493 e. The summed E-state index contributed by atoms with van der Waals surface area (Å²) in [7, 11) is 4.72. The second-order valence-corrected chi connectivity index (χ2v) is 9.70. The number of amides is 1. The molecule has 182 valence electrons. The van der Waals surface area contributed by atoms with Gasteiger partial charge in [-0.3, -0.25) is 10.1 Å². The molecule has 4 rings (SSSR count). The Morgan fingerprint density at radius 1 is 0.943 bits per heavy atom. The monoisotopic (exact) mass is 510 g/mol. The zero-order chi connectivity index (χ0) is 24.8. The van der Waals surface area contributed by atoms with Crippen molar-refractivity contribution in [2.75, 3.05) is 32.4 Å². The maximum atomic E-state index is 13.5. The first-order valence-electron chi connectivity index (χ1n) is 10.9. The average Bonchev–Trinajstić information content (AvgIpc) is 3.28. The van der Waals surface area contributed by atoms with Gasteiger partial charge in [0.25, 0.3) is 5.91 Å². The van der Waals surface area contributed by atoms with Crippen molar-refractivity contribution in [3.05, 3.63) is 66.2 Å². The number of hydrogen-bond acceptors (Lipinski definition) is 8. The standard InChI is InChI=1S/C26H26N2O5S2/c1-5-34-17-12-10-16(11-13-17)24(33-20-9-7-6-8-19(20)30-2)25(29)28-26-27-18-14-21(31-3)22(32-4)15-23(18)35-26/h6-15,24H,5H2,1-4H3,(H,27,28,29). The van der Waals surface area contributed by atoms with E-state index in [0.29, 0.717) is 33.6 Å². The number of thiazole rings is 1. The van der Waals surface area contributed by atoms with E-state index in [1.165, 1.54) is 11.3 Å². The molecular formula is C26H26N2O5S2. The Kier molecular flexibility index (Phi) is 7.99. The Morgan fingerprint density at radius 2 is 1.60 bits per heavy atom. The maximum Gasteiger partial charge on any atom is 0.271 e. The summed E-state index contributed by atoms with van der Waals surface area (Å²) in [6, 6.07) is 18.7. The lowest BCUT2D eigenvalue weighted by atomic mass is 10.1. The summed E-state index contributed by atoms with van der Waals surface area (Å²) >= 11 is 3.08. The van der Waals surface area contributed by atoms with Gasteiger partial charge in [-0.2, -0.15) is 0 Å². The van der Waals surface area contributed by atoms with Crippen molar-refractivity contribution >= 4 is 44.4 Å². The third-order valence-corrected chi connectivity index (χ3v) is 7.00. The predicted octanol–water partition coefficient (Wildman–Crippen LogP) is 6.19. The summed E-state index contributed by atoms with van der Waals surface area (Å²) in [5.74, 6) is 2.82. The van der Waals surface area contributed by atoms with Crippen molar-refractivity contribution in [1.82, 2.24) is 4.98 Å². The number of para-hydroxylation sites is 2. The Bertz CT molecular complexity index is 1270. The number of aromatic nitrogens is 1. The first-order chi connectivity index (χ1) is 17.1. The van der Waals surface area contributed by atoms with Gasteiger partial charge in [0.1, 0.15) is 0 Å². The molecule has 7 nitrogen and oxygen atoms in total. The maximum absolute atomic E-state index is 13.5. The van der Waals surface area contributed by atoms with E-state index in [4.69, 9.17) is 18.9 Å². The van der Waals surface area contributed by atoms with Gasteiger partial charge in [0, 0.05) is 22.6 Å². The molecule has 1 N–H and O–H groups in total. The fourth-order valence-electron chi connectivity index (χ4n) is 3.50. The van der Waals surface area contributed by atoms with E-state index in [1.807, 2.05) is 42.5 Å². The van der Waals surface area contributed by atoms with Gasteiger partial charge in [0.15, 0.2) is 28.1 Å². The molecule has 9 heteroatoms. The number of carbonyl (C=O) groups excluding carboxylic acids is 1. The first-order valence-corrected chi connectivity index (χ1v) is 12.7. The molecule has 1 unspecified atom stereocenters. The average molecular weight is 511 g/mol. The van der Waals surface area contributed by atoms with Crippen LogP contribution in [0.2, 0.25) is 0 Å². The van der Waals surface area contributed by atoms with Crippen LogP contribution in [0.25, 0.3) is 10.2 Å². The van der Waals surface area contributed by atoms with Gasteiger partial charge in [-0.15, -0.1) is 11.8 Å². The number of methoxy groups -OCH3 is 3. The van der Waals surface area contributed by atoms with Crippen LogP contribution in [0.4, 0.5) is 5.13 Å². The van der Waals surface area contributed by atoms with E-state index in [1.54, 1.807) is 51.3 Å². The van der Waals surface area contributed by atoms with Crippen LogP contribution in [0.3, 0.4) is 0 Å². The molecule has 0 spiro atoms. The van der Waals surface area contributed by atoms with Crippen LogP contribution in [-0.4, -0.2) is 38.0 Å². The normalized spacial score (nSPS) is 11.7. The van der Waals surface area contributed by atoms with Gasteiger partial charge in [0.2, 0.25) is 6.10 Å². The predicted molar refractivity (Wildman–Crippen MR) is 141 cm³/mol. The van der Waals surface area contributed by atoms with E-state index in [-0.39, 0.29) is 5.91 Å². The van der Waals surface area contributed by atoms with Crippen molar-refractivity contribution in [2.24, 2.45) is 0 Å². The number of fused-ring (bicyclic) bond motifs is 1. The number of thioether (sulfide) groups is 1. The molecule has 4 aromatic rings. The summed E-state index contributed by atoms with van der Waals surface area (Å²) < 4.78 is 23.2. The van der Waals surface area contributed by atoms with Crippen molar-refractivity contribution < 1.29 is 23.7 Å². The summed E-state index contributed by atoms with van der Waals surface area (Å²) in [4.78, 5) is 19.2. The van der Waals surface area contributed by atoms with Gasteiger partial charge in [-0.05, 0) is 30.0 Å². The number of rotatable bonds is 10. The molecule has 0 bridgehead atoms. The van der Waals surface area contributed by atoms with E-state index in [0.717, 1.165) is 20.9 Å². The lowest BCUT2D eigenvalue weighted by Gasteiger charge is -2.20. The number of ether oxygens (including phenoxy) is 4. The molecule has 0 radical (unpaired) electrons. The molecule has 0 fully saturated rings. The molecule has 35 heavy (non-hydrogen) atoms. The molecule has 1 heterocycles. The molecule has 3 aromatic carbocycles. The number of anilines is 1. The number of hydrogen-bond donors (Lipinski definition) is 1. The Hall–Kier alpha value is -3.43. The van der Waals surface area contributed by atoms with E-state index in [2.05, 4.69) is 17.2 Å². The van der Waals surface area contributed by atoms with Crippen LogP contribution in [0.15, 0.2) is 65.6 Å². The molecule has 0 saturated heterocycles. The highest BCUT2D eigenvalue weighted by Crippen LogP contribution is 2.37. The van der Waals surface area contributed by atoms with E-state index in [9.17, 15) is 4.79 Å². The van der Waals surface area contributed by atoms with Crippen molar-refractivity contribution in [3.8, 4) is 23.0 Å². The Balaban J connectivity index is 1.65. The molecule has 0 aliphatic heterocycles. The third-order valence-electron chi connectivity index (χ3n) is 5.17.